The highest BCUT2D eigenvalue weighted by molar-refractivity contribution is 6.02. The Morgan fingerprint density at radius 3 is 2.37 bits per heavy atom. The van der Waals surface area contributed by atoms with E-state index in [9.17, 15) is 19.5 Å². The van der Waals surface area contributed by atoms with Crippen LogP contribution in [0.4, 0.5) is 0 Å². The van der Waals surface area contributed by atoms with Crippen LogP contribution in [0.5, 0.6) is 0 Å². The van der Waals surface area contributed by atoms with Crippen molar-refractivity contribution in [3.05, 3.63) is 137 Å². The average molecular weight is 651 g/mol. The number of aromatic carboxylic acids is 1. The number of amides is 1. The first kappa shape index (κ1) is 31.9. The summed E-state index contributed by atoms with van der Waals surface area (Å²) in [6, 6.07) is 24.2. The maximum atomic E-state index is 14.5. The van der Waals surface area contributed by atoms with Gasteiger partial charge in [0.05, 0.1) is 28.7 Å². The summed E-state index contributed by atoms with van der Waals surface area (Å²) in [6.07, 6.45) is 8.79. The third-order valence-corrected chi connectivity index (χ3v) is 10.2. The van der Waals surface area contributed by atoms with Gasteiger partial charge in [-0.15, -0.1) is 0 Å². The maximum Gasteiger partial charge on any atom is 0.335 e. The number of fused-ring (bicyclic) bond motifs is 2. The topological polar surface area (TPSA) is 105 Å². The smallest absolute Gasteiger partial charge is 0.335 e. The van der Waals surface area contributed by atoms with Crippen molar-refractivity contribution in [2.45, 2.75) is 40.7 Å². The van der Waals surface area contributed by atoms with Crippen molar-refractivity contribution in [3.63, 3.8) is 0 Å². The predicted molar refractivity (Wildman–Crippen MR) is 190 cm³/mol. The number of rotatable bonds is 7. The Morgan fingerprint density at radius 2 is 1.65 bits per heavy atom. The van der Waals surface area contributed by atoms with Gasteiger partial charge in [-0.2, -0.15) is 0 Å². The number of carboxylic acids is 1. The molecule has 0 spiro atoms. The summed E-state index contributed by atoms with van der Waals surface area (Å²) in [5.74, 6) is -0.377. The monoisotopic (exact) mass is 650 g/mol. The molecule has 2 aliphatic rings. The number of hydrogen-bond acceptors (Lipinski definition) is 5. The van der Waals surface area contributed by atoms with Gasteiger partial charge in [-0.05, 0) is 72.5 Å². The summed E-state index contributed by atoms with van der Waals surface area (Å²) in [6.45, 7) is 9.73. The summed E-state index contributed by atoms with van der Waals surface area (Å²) < 4.78 is 2.09. The first-order chi connectivity index (χ1) is 23.5. The fraction of sp³-hybridized carbons (Fsp3) is 0.244. The lowest BCUT2D eigenvalue weighted by Gasteiger charge is -2.50. The number of ketones is 1. The molecule has 0 unspecified atom stereocenters. The van der Waals surface area contributed by atoms with E-state index in [0.717, 1.165) is 28.6 Å². The third kappa shape index (κ3) is 5.67. The fourth-order valence-corrected chi connectivity index (χ4v) is 7.78. The van der Waals surface area contributed by atoms with Gasteiger partial charge >= 0.3 is 5.97 Å². The number of allylic oxidation sites excluding steroid dienone is 2. The Morgan fingerprint density at radius 1 is 0.898 bits per heavy atom. The predicted octanol–water partition coefficient (Wildman–Crippen LogP) is 7.95. The quantitative estimate of drug-likeness (QED) is 0.142. The SMILES string of the molecule is CC(=O)c1ccc2c(c1)nc(-c1ccccc1C(=O)N1CC=C3C(C)(C)C(c4ccc(C(=O)O)cc4)=CC[C@]3(C)C1)n2Cc1cccnc1. The summed E-state index contributed by atoms with van der Waals surface area (Å²) in [5.41, 5.74) is 7.60. The Bertz CT molecular complexity index is 2190. The molecule has 0 saturated heterocycles. The van der Waals surface area contributed by atoms with E-state index in [1.165, 1.54) is 11.1 Å². The van der Waals surface area contributed by atoms with Crippen molar-refractivity contribution in [1.29, 1.82) is 0 Å². The number of aromatic nitrogens is 3. The number of carbonyl (C=O) groups excluding carboxylic acids is 2. The molecule has 246 valence electrons. The van der Waals surface area contributed by atoms with E-state index in [1.54, 1.807) is 25.3 Å². The zero-order valence-electron chi connectivity index (χ0n) is 28.1. The number of nitrogens with zero attached hydrogens (tertiary/aromatic N) is 4. The van der Waals surface area contributed by atoms with E-state index in [4.69, 9.17) is 4.98 Å². The van der Waals surface area contributed by atoms with Crippen LogP contribution in [0.15, 0.2) is 109 Å². The lowest BCUT2D eigenvalue weighted by Crippen LogP contribution is -2.48. The Kier molecular flexibility index (Phi) is 7.90. The van der Waals surface area contributed by atoms with Crippen molar-refractivity contribution in [2.75, 3.05) is 13.1 Å². The van der Waals surface area contributed by atoms with Gasteiger partial charge in [-0.1, -0.05) is 74.9 Å². The Hall–Kier alpha value is -5.63. The highest BCUT2D eigenvalue weighted by atomic mass is 16.4. The van der Waals surface area contributed by atoms with Crippen LogP contribution in [0.3, 0.4) is 0 Å². The second kappa shape index (κ2) is 12.1. The van der Waals surface area contributed by atoms with Gasteiger partial charge in [-0.3, -0.25) is 14.6 Å². The van der Waals surface area contributed by atoms with E-state index < -0.39 is 5.97 Å². The van der Waals surface area contributed by atoms with Gasteiger partial charge in [0.15, 0.2) is 5.78 Å². The van der Waals surface area contributed by atoms with Crippen LogP contribution in [0.2, 0.25) is 0 Å². The lowest BCUT2D eigenvalue weighted by molar-refractivity contribution is 0.0679. The summed E-state index contributed by atoms with van der Waals surface area (Å²) in [4.78, 5) is 49.4. The van der Waals surface area contributed by atoms with Crippen molar-refractivity contribution in [1.82, 2.24) is 19.4 Å². The number of Topliss-reactive ketones (excluding diaryl/α,β-unsaturated/α-hetero) is 1. The molecule has 3 heterocycles. The molecule has 5 aromatic rings. The largest absolute Gasteiger partial charge is 0.478 e. The van der Waals surface area contributed by atoms with Crippen LogP contribution in [-0.2, 0) is 6.54 Å². The number of carboxylic acid groups (broad SMARTS) is 1. The first-order valence-corrected chi connectivity index (χ1v) is 16.5. The lowest BCUT2D eigenvalue weighted by atomic mass is 9.58. The molecule has 0 fully saturated rings. The van der Waals surface area contributed by atoms with Crippen molar-refractivity contribution in [2.24, 2.45) is 10.8 Å². The summed E-state index contributed by atoms with van der Waals surface area (Å²) in [7, 11) is 0. The first-order valence-electron chi connectivity index (χ1n) is 16.5. The van der Waals surface area contributed by atoms with Gasteiger partial charge < -0.3 is 14.6 Å². The van der Waals surface area contributed by atoms with Crippen LogP contribution >= 0.6 is 0 Å². The molecule has 1 aliphatic heterocycles. The van der Waals surface area contributed by atoms with Crippen LogP contribution in [0.25, 0.3) is 28.0 Å². The van der Waals surface area contributed by atoms with Crippen LogP contribution < -0.4 is 0 Å². The van der Waals surface area contributed by atoms with Gasteiger partial charge in [-0.25, -0.2) is 9.78 Å². The Labute approximate surface area is 285 Å². The number of hydrogen-bond donors (Lipinski definition) is 1. The number of imidazole rings is 1. The minimum atomic E-state index is -0.940. The molecule has 0 radical (unpaired) electrons. The second-order valence-electron chi connectivity index (χ2n) is 13.9. The van der Waals surface area contributed by atoms with Crippen LogP contribution in [0.1, 0.15) is 76.3 Å². The molecule has 1 N–H and O–H groups in total. The van der Waals surface area contributed by atoms with Crippen LogP contribution in [-0.4, -0.2) is 55.3 Å². The molecule has 0 saturated carbocycles. The molecule has 8 heteroatoms. The highest BCUT2D eigenvalue weighted by Gasteiger charge is 2.46. The van der Waals surface area contributed by atoms with Crippen molar-refractivity contribution < 1.29 is 19.5 Å². The zero-order chi connectivity index (χ0) is 34.5. The Balaban J connectivity index is 1.23. The summed E-state index contributed by atoms with van der Waals surface area (Å²) in [5, 5.41) is 9.37. The maximum absolute atomic E-state index is 14.5. The van der Waals surface area contributed by atoms with Gasteiger partial charge in [0.2, 0.25) is 0 Å². The molecule has 49 heavy (non-hydrogen) atoms. The van der Waals surface area contributed by atoms with Gasteiger partial charge in [0.25, 0.3) is 5.91 Å². The highest BCUT2D eigenvalue weighted by Crippen LogP contribution is 2.55. The van der Waals surface area contributed by atoms with E-state index in [2.05, 4.69) is 42.5 Å². The molecule has 3 aromatic carbocycles. The van der Waals surface area contributed by atoms with Crippen molar-refractivity contribution in [3.8, 4) is 11.4 Å². The molecule has 0 bridgehead atoms. The number of carbonyl (C=O) groups is 3. The zero-order valence-corrected chi connectivity index (χ0v) is 28.1. The minimum Gasteiger partial charge on any atom is -0.478 e. The molecule has 1 atom stereocenters. The molecule has 8 nitrogen and oxygen atoms in total. The third-order valence-electron chi connectivity index (χ3n) is 10.2. The average Bonchev–Trinajstić information content (AvgIpc) is 3.45. The molecular formula is C41H38N4O4. The standard InChI is InChI=1S/C41H38N4O4/c1-26(46)30-15-16-35-34(22-30)43-37(45(35)24-27-8-7-20-42-23-27)31-9-5-6-10-32(31)38(47)44-21-18-36-40(2,3)33(17-19-41(36,4)25-44)28-11-13-29(14-12-28)39(48)49/h5-18,20,22-23H,19,21,24-25H2,1-4H3,(H,48,49)/t41-/m1/s1. The van der Waals surface area contributed by atoms with Crippen LogP contribution in [0, 0.1) is 10.8 Å². The molecular weight excluding hydrogens is 612 g/mol. The molecule has 1 amide bonds. The van der Waals surface area contributed by atoms with E-state index >= 15 is 0 Å². The van der Waals surface area contributed by atoms with E-state index in [0.29, 0.717) is 42.1 Å². The number of benzene rings is 3. The van der Waals surface area contributed by atoms with Crippen molar-refractivity contribution >= 4 is 34.3 Å². The molecule has 7 rings (SSSR count). The molecule has 1 aliphatic carbocycles. The minimum absolute atomic E-state index is 0.0317. The fourth-order valence-electron chi connectivity index (χ4n) is 7.78. The van der Waals surface area contributed by atoms with Gasteiger partial charge in [0, 0.05) is 47.4 Å². The molecule has 2 aromatic heterocycles. The van der Waals surface area contributed by atoms with E-state index in [-0.39, 0.29) is 28.1 Å². The summed E-state index contributed by atoms with van der Waals surface area (Å²) >= 11 is 0. The van der Waals surface area contributed by atoms with Gasteiger partial charge in [0.1, 0.15) is 5.82 Å². The van der Waals surface area contributed by atoms with E-state index in [1.807, 2.05) is 77.8 Å². The normalized spacial score (nSPS) is 18.4. The second-order valence-corrected chi connectivity index (χ2v) is 13.9. The number of pyridine rings is 1.